The summed E-state index contributed by atoms with van der Waals surface area (Å²) in [6.45, 7) is 7.68. The molecule has 0 aromatic carbocycles. The number of anilines is 1. The third kappa shape index (κ3) is 3.11. The monoisotopic (exact) mass is 371 g/mol. The van der Waals surface area contributed by atoms with Gasteiger partial charge >= 0.3 is 0 Å². The number of nitrogens with one attached hydrogen (secondary N) is 1. The maximum atomic E-state index is 12.5. The maximum Gasteiger partial charge on any atom is 0.245 e. The van der Waals surface area contributed by atoms with Gasteiger partial charge in [0.1, 0.15) is 11.9 Å². The van der Waals surface area contributed by atoms with Gasteiger partial charge in [0.15, 0.2) is 11.5 Å². The van der Waals surface area contributed by atoms with Crippen LogP contribution in [0.15, 0.2) is 12.1 Å². The van der Waals surface area contributed by atoms with Crippen molar-refractivity contribution in [3.63, 3.8) is 0 Å². The number of hydrogen-bond donors (Lipinski definition) is 1. The summed E-state index contributed by atoms with van der Waals surface area (Å²) in [6.07, 6.45) is 1.01. The highest BCUT2D eigenvalue weighted by Gasteiger charge is 2.37. The van der Waals surface area contributed by atoms with E-state index in [9.17, 15) is 9.59 Å². The van der Waals surface area contributed by atoms with Crippen molar-refractivity contribution >= 4 is 23.3 Å². The van der Waals surface area contributed by atoms with Crippen molar-refractivity contribution in [3.8, 4) is 0 Å². The number of likely N-dealkylation sites (N-methyl/N-ethyl adjacent to an activating group) is 1. The lowest BCUT2D eigenvalue weighted by atomic mass is 9.96. The van der Waals surface area contributed by atoms with Crippen LogP contribution in [0.1, 0.15) is 39.4 Å². The first kappa shape index (κ1) is 17.7. The van der Waals surface area contributed by atoms with Crippen molar-refractivity contribution in [1.29, 1.82) is 0 Å². The molecule has 0 radical (unpaired) electrons. The predicted molar refractivity (Wildman–Crippen MR) is 99.4 cm³/mol. The third-order valence-electron chi connectivity index (χ3n) is 5.29. The van der Waals surface area contributed by atoms with E-state index in [4.69, 9.17) is 5.10 Å². The fraction of sp³-hybridized carbons (Fsp3) is 0.611. The van der Waals surface area contributed by atoms with Crippen molar-refractivity contribution in [2.75, 3.05) is 25.0 Å². The van der Waals surface area contributed by atoms with E-state index in [1.165, 1.54) is 0 Å². The first-order valence-electron chi connectivity index (χ1n) is 9.28. The molecule has 1 unspecified atom stereocenters. The Hall–Kier alpha value is -2.71. The lowest BCUT2D eigenvalue weighted by Crippen LogP contribution is -2.62. The molecule has 9 nitrogen and oxygen atoms in total. The van der Waals surface area contributed by atoms with Gasteiger partial charge in [0.25, 0.3) is 0 Å². The molecule has 2 amide bonds. The number of carbonyl (C=O) groups is 2. The van der Waals surface area contributed by atoms with E-state index in [0.29, 0.717) is 25.9 Å². The Morgan fingerprint density at radius 2 is 2.00 bits per heavy atom. The van der Waals surface area contributed by atoms with Crippen LogP contribution in [0.3, 0.4) is 0 Å². The van der Waals surface area contributed by atoms with Gasteiger partial charge in [-0.1, -0.05) is 20.8 Å². The largest absolute Gasteiger partial charge is 0.351 e. The highest BCUT2D eigenvalue weighted by atomic mass is 16.2. The molecule has 27 heavy (non-hydrogen) atoms. The zero-order valence-electron chi connectivity index (χ0n) is 16.1. The van der Waals surface area contributed by atoms with Gasteiger partial charge in [0, 0.05) is 32.0 Å². The first-order chi connectivity index (χ1) is 12.7. The molecule has 9 heteroatoms. The molecule has 0 aliphatic carbocycles. The van der Waals surface area contributed by atoms with Crippen LogP contribution in [0.5, 0.6) is 0 Å². The standard InChI is InChI=1S/C18H25N7O2/c1-18(2,3)17-21-20-13-6-7-14(22-25(13)17)24-9-11(10-24)23(4)16(27)12-5-8-15(26)19-12/h6-7,11-12H,5,8-10H2,1-4H3,(H,19,26). The average Bonchev–Trinajstić information content (AvgIpc) is 3.18. The fourth-order valence-electron chi connectivity index (χ4n) is 3.53. The van der Waals surface area contributed by atoms with E-state index in [2.05, 4.69) is 41.2 Å². The number of aromatic nitrogens is 4. The second-order valence-corrected chi connectivity index (χ2v) is 8.40. The minimum Gasteiger partial charge on any atom is -0.351 e. The van der Waals surface area contributed by atoms with Gasteiger partial charge in [0.05, 0.1) is 6.04 Å². The summed E-state index contributed by atoms with van der Waals surface area (Å²) < 4.78 is 1.80. The number of rotatable bonds is 3. The van der Waals surface area contributed by atoms with Gasteiger partial charge in [-0.2, -0.15) is 4.52 Å². The van der Waals surface area contributed by atoms with Crippen molar-refractivity contribution in [3.05, 3.63) is 18.0 Å². The van der Waals surface area contributed by atoms with Crippen LogP contribution in [0.4, 0.5) is 5.82 Å². The number of carbonyl (C=O) groups excluding carboxylic acids is 2. The number of nitrogens with zero attached hydrogens (tertiary/aromatic N) is 6. The molecule has 0 bridgehead atoms. The average molecular weight is 371 g/mol. The molecule has 2 aromatic rings. The van der Waals surface area contributed by atoms with Crippen LogP contribution < -0.4 is 10.2 Å². The zero-order valence-corrected chi connectivity index (χ0v) is 16.1. The summed E-state index contributed by atoms with van der Waals surface area (Å²) in [5.41, 5.74) is 0.575. The number of amides is 2. The number of hydrogen-bond acceptors (Lipinski definition) is 6. The molecular formula is C18H25N7O2. The number of fused-ring (bicyclic) bond motifs is 1. The van der Waals surface area contributed by atoms with E-state index in [1.807, 2.05) is 19.2 Å². The van der Waals surface area contributed by atoms with Crippen LogP contribution in [-0.2, 0) is 15.0 Å². The molecule has 2 aliphatic rings. The Bertz CT molecular complexity index is 895. The van der Waals surface area contributed by atoms with Crippen LogP contribution in [0.2, 0.25) is 0 Å². The van der Waals surface area contributed by atoms with Gasteiger partial charge in [-0.3, -0.25) is 9.59 Å². The molecule has 2 fully saturated rings. The molecule has 0 saturated carbocycles. The molecule has 4 rings (SSSR count). The Balaban J connectivity index is 1.44. The molecule has 2 aliphatic heterocycles. The maximum absolute atomic E-state index is 12.5. The lowest BCUT2D eigenvalue weighted by Gasteiger charge is -2.45. The predicted octanol–water partition coefficient (Wildman–Crippen LogP) is 0.347. The molecule has 2 saturated heterocycles. The van der Waals surface area contributed by atoms with Gasteiger partial charge in [-0.05, 0) is 18.6 Å². The molecule has 2 aromatic heterocycles. The van der Waals surface area contributed by atoms with Crippen molar-refractivity contribution in [2.24, 2.45) is 0 Å². The normalized spacial score (nSPS) is 20.7. The smallest absolute Gasteiger partial charge is 0.245 e. The van der Waals surface area contributed by atoms with Crippen molar-refractivity contribution in [2.45, 2.75) is 51.1 Å². The fourth-order valence-corrected chi connectivity index (χ4v) is 3.53. The van der Waals surface area contributed by atoms with Crippen LogP contribution in [-0.4, -0.2) is 68.7 Å². The van der Waals surface area contributed by atoms with E-state index in [1.54, 1.807) is 9.42 Å². The van der Waals surface area contributed by atoms with Crippen molar-refractivity contribution < 1.29 is 9.59 Å². The molecule has 4 heterocycles. The second kappa shape index (κ2) is 6.17. The minimum absolute atomic E-state index is 0.0114. The highest BCUT2D eigenvalue weighted by Crippen LogP contribution is 2.25. The lowest BCUT2D eigenvalue weighted by molar-refractivity contribution is -0.135. The Labute approximate surface area is 157 Å². The molecule has 1 N–H and O–H groups in total. The summed E-state index contributed by atoms with van der Waals surface area (Å²) in [5.74, 6) is 1.61. The third-order valence-corrected chi connectivity index (χ3v) is 5.29. The zero-order chi connectivity index (χ0) is 19.3. The summed E-state index contributed by atoms with van der Waals surface area (Å²) in [5, 5.41) is 15.9. The molecule has 0 spiro atoms. The summed E-state index contributed by atoms with van der Waals surface area (Å²) >= 11 is 0. The molecule has 1 atom stereocenters. The minimum atomic E-state index is -0.377. The van der Waals surface area contributed by atoms with Crippen LogP contribution >= 0.6 is 0 Å². The second-order valence-electron chi connectivity index (χ2n) is 8.40. The van der Waals surface area contributed by atoms with E-state index in [0.717, 1.165) is 17.3 Å². The summed E-state index contributed by atoms with van der Waals surface area (Å²) in [6, 6.07) is 3.60. The quantitative estimate of drug-likeness (QED) is 0.836. The summed E-state index contributed by atoms with van der Waals surface area (Å²) in [4.78, 5) is 27.7. The SMILES string of the molecule is CN(C(=O)C1CCC(=O)N1)C1CN(c2ccc3nnc(C(C)(C)C)n3n2)C1. The van der Waals surface area contributed by atoms with Crippen molar-refractivity contribution in [1.82, 2.24) is 30.0 Å². The highest BCUT2D eigenvalue weighted by molar-refractivity contribution is 5.91. The van der Waals surface area contributed by atoms with E-state index >= 15 is 0 Å². The van der Waals surface area contributed by atoms with E-state index < -0.39 is 0 Å². The van der Waals surface area contributed by atoms with Gasteiger partial charge in [0.2, 0.25) is 11.8 Å². The van der Waals surface area contributed by atoms with E-state index in [-0.39, 0.29) is 29.3 Å². The first-order valence-corrected chi connectivity index (χ1v) is 9.28. The van der Waals surface area contributed by atoms with Crippen LogP contribution in [0.25, 0.3) is 5.65 Å². The topological polar surface area (TPSA) is 95.7 Å². The molecule has 144 valence electrons. The molecular weight excluding hydrogens is 346 g/mol. The van der Waals surface area contributed by atoms with Gasteiger partial charge in [-0.15, -0.1) is 15.3 Å². The Kier molecular flexibility index (Phi) is 4.05. The van der Waals surface area contributed by atoms with Gasteiger partial charge < -0.3 is 15.1 Å². The van der Waals surface area contributed by atoms with Crippen LogP contribution in [0, 0.1) is 0 Å². The summed E-state index contributed by atoms with van der Waals surface area (Å²) in [7, 11) is 1.81. The van der Waals surface area contributed by atoms with Gasteiger partial charge in [-0.25, -0.2) is 0 Å². The Morgan fingerprint density at radius 3 is 2.63 bits per heavy atom. The Morgan fingerprint density at radius 1 is 1.26 bits per heavy atom.